The fourth-order valence-corrected chi connectivity index (χ4v) is 2.14. The molecule has 0 heterocycles. The van der Waals surface area contributed by atoms with E-state index >= 15 is 0 Å². The second-order valence-electron chi connectivity index (χ2n) is 3.84. The van der Waals surface area contributed by atoms with Gasteiger partial charge in [-0.25, -0.2) is 4.79 Å². The van der Waals surface area contributed by atoms with Gasteiger partial charge in [0.1, 0.15) is 6.04 Å². The van der Waals surface area contributed by atoms with Crippen molar-refractivity contribution < 1.29 is 9.90 Å². The molecule has 5 heteroatoms. The first kappa shape index (κ1) is 14.1. The van der Waals surface area contributed by atoms with Crippen molar-refractivity contribution in [3.05, 3.63) is 28.2 Å². The number of hydrogen-bond donors (Lipinski definition) is 1. The smallest absolute Gasteiger partial charge is 0.326 e. The van der Waals surface area contributed by atoms with Crippen molar-refractivity contribution in [1.82, 2.24) is 0 Å². The van der Waals surface area contributed by atoms with Gasteiger partial charge >= 0.3 is 5.97 Å². The molecule has 1 aromatic carbocycles. The summed E-state index contributed by atoms with van der Waals surface area (Å²) in [6, 6.07) is 4.47. The summed E-state index contributed by atoms with van der Waals surface area (Å²) in [7, 11) is 0. The fourth-order valence-electron chi connectivity index (χ4n) is 1.63. The van der Waals surface area contributed by atoms with E-state index in [1.165, 1.54) is 0 Å². The standard InChI is InChI=1S/C12H15Cl2NO2/c1-3-4-15(8(2)12(16)17)11-6-9(13)5-10(14)7-11/h5-8H,3-4H2,1-2H3,(H,16,17)/t8-/m1/s1. The Kier molecular flexibility index (Phi) is 5.09. The maximum Gasteiger partial charge on any atom is 0.326 e. The molecule has 0 unspecified atom stereocenters. The highest BCUT2D eigenvalue weighted by Gasteiger charge is 2.20. The Labute approximate surface area is 111 Å². The van der Waals surface area contributed by atoms with Crippen molar-refractivity contribution in [3.8, 4) is 0 Å². The highest BCUT2D eigenvalue weighted by molar-refractivity contribution is 6.35. The number of benzene rings is 1. The lowest BCUT2D eigenvalue weighted by Crippen LogP contribution is -2.39. The maximum atomic E-state index is 11.1. The minimum absolute atomic E-state index is 0.506. The predicted octanol–water partition coefficient (Wildman–Crippen LogP) is 3.68. The van der Waals surface area contributed by atoms with E-state index in [2.05, 4.69) is 0 Å². The zero-order valence-corrected chi connectivity index (χ0v) is 11.3. The average Bonchev–Trinajstić information content (AvgIpc) is 2.23. The normalized spacial score (nSPS) is 12.2. The van der Waals surface area contributed by atoms with E-state index in [0.29, 0.717) is 16.6 Å². The van der Waals surface area contributed by atoms with Gasteiger partial charge in [0, 0.05) is 22.3 Å². The first-order valence-electron chi connectivity index (χ1n) is 5.41. The summed E-state index contributed by atoms with van der Waals surface area (Å²) < 4.78 is 0. The number of carbonyl (C=O) groups is 1. The Hall–Kier alpha value is -0.930. The number of nitrogens with zero attached hydrogens (tertiary/aromatic N) is 1. The van der Waals surface area contributed by atoms with Gasteiger partial charge in [0.05, 0.1) is 0 Å². The number of aliphatic carboxylic acids is 1. The van der Waals surface area contributed by atoms with Crippen molar-refractivity contribution in [1.29, 1.82) is 0 Å². The van der Waals surface area contributed by atoms with Gasteiger partial charge < -0.3 is 10.0 Å². The maximum absolute atomic E-state index is 11.1. The van der Waals surface area contributed by atoms with Gasteiger partial charge in [0.15, 0.2) is 0 Å². The summed E-state index contributed by atoms with van der Waals surface area (Å²) in [5, 5.41) is 10.1. The number of carboxylic acid groups (broad SMARTS) is 1. The summed E-state index contributed by atoms with van der Waals surface area (Å²) in [5.41, 5.74) is 0.735. The third kappa shape index (κ3) is 3.79. The molecule has 0 aliphatic carbocycles. The Balaban J connectivity index is 3.08. The van der Waals surface area contributed by atoms with Crippen LogP contribution in [-0.2, 0) is 4.79 Å². The molecule has 0 radical (unpaired) electrons. The van der Waals surface area contributed by atoms with E-state index in [-0.39, 0.29) is 0 Å². The van der Waals surface area contributed by atoms with Gasteiger partial charge in [-0.3, -0.25) is 0 Å². The first-order valence-corrected chi connectivity index (χ1v) is 6.16. The molecule has 0 fully saturated rings. The number of carboxylic acids is 1. The summed E-state index contributed by atoms with van der Waals surface area (Å²) >= 11 is 11.8. The van der Waals surface area contributed by atoms with Crippen molar-refractivity contribution in [2.75, 3.05) is 11.4 Å². The van der Waals surface area contributed by atoms with Gasteiger partial charge in [-0.05, 0) is 31.5 Å². The van der Waals surface area contributed by atoms with Crippen LogP contribution < -0.4 is 4.90 Å². The van der Waals surface area contributed by atoms with Gasteiger partial charge in [0.2, 0.25) is 0 Å². The van der Waals surface area contributed by atoms with Crippen LogP contribution in [-0.4, -0.2) is 23.7 Å². The molecule has 1 rings (SSSR count). The van der Waals surface area contributed by atoms with Gasteiger partial charge in [-0.1, -0.05) is 30.1 Å². The summed E-state index contributed by atoms with van der Waals surface area (Å²) in [4.78, 5) is 12.8. The average molecular weight is 276 g/mol. The zero-order valence-electron chi connectivity index (χ0n) is 9.78. The minimum Gasteiger partial charge on any atom is -0.480 e. The van der Waals surface area contributed by atoms with E-state index in [1.807, 2.05) is 6.92 Å². The summed E-state index contributed by atoms with van der Waals surface area (Å²) in [5.74, 6) is -0.866. The molecule has 3 nitrogen and oxygen atoms in total. The lowest BCUT2D eigenvalue weighted by Gasteiger charge is -2.28. The molecule has 1 atom stereocenters. The van der Waals surface area contributed by atoms with E-state index in [9.17, 15) is 4.79 Å². The van der Waals surface area contributed by atoms with Gasteiger partial charge in [0.25, 0.3) is 0 Å². The monoisotopic (exact) mass is 275 g/mol. The largest absolute Gasteiger partial charge is 0.480 e. The highest BCUT2D eigenvalue weighted by Crippen LogP contribution is 2.27. The Morgan fingerprint density at radius 2 is 1.88 bits per heavy atom. The van der Waals surface area contributed by atoms with Crippen molar-refractivity contribution in [2.45, 2.75) is 26.3 Å². The molecular weight excluding hydrogens is 261 g/mol. The number of halogens is 2. The SMILES string of the molecule is CCCN(c1cc(Cl)cc(Cl)c1)[C@H](C)C(=O)O. The van der Waals surface area contributed by atoms with Crippen LogP contribution in [0.2, 0.25) is 10.0 Å². The van der Waals surface area contributed by atoms with Crippen molar-refractivity contribution >= 4 is 34.9 Å². The van der Waals surface area contributed by atoms with Crippen molar-refractivity contribution in [3.63, 3.8) is 0 Å². The van der Waals surface area contributed by atoms with Crippen LogP contribution in [0.3, 0.4) is 0 Å². The fraction of sp³-hybridized carbons (Fsp3) is 0.417. The van der Waals surface area contributed by atoms with E-state index < -0.39 is 12.0 Å². The van der Waals surface area contributed by atoms with Crippen LogP contribution in [0.1, 0.15) is 20.3 Å². The molecule has 1 aromatic rings. The van der Waals surface area contributed by atoms with Crippen LogP contribution in [0.4, 0.5) is 5.69 Å². The van der Waals surface area contributed by atoms with Crippen LogP contribution >= 0.6 is 23.2 Å². The van der Waals surface area contributed by atoms with Crippen LogP contribution in [0.15, 0.2) is 18.2 Å². The number of rotatable bonds is 5. The molecule has 94 valence electrons. The molecule has 17 heavy (non-hydrogen) atoms. The van der Waals surface area contributed by atoms with Crippen molar-refractivity contribution in [2.24, 2.45) is 0 Å². The molecule has 0 aromatic heterocycles. The zero-order chi connectivity index (χ0) is 13.0. The third-order valence-corrected chi connectivity index (χ3v) is 2.90. The lowest BCUT2D eigenvalue weighted by molar-refractivity contribution is -0.138. The summed E-state index contributed by atoms with van der Waals surface area (Å²) in [6.45, 7) is 4.28. The lowest BCUT2D eigenvalue weighted by atomic mass is 10.2. The number of hydrogen-bond acceptors (Lipinski definition) is 2. The summed E-state index contributed by atoms with van der Waals surface area (Å²) in [6.07, 6.45) is 0.849. The molecular formula is C12H15Cl2NO2. The predicted molar refractivity (Wildman–Crippen MR) is 71.2 cm³/mol. The topological polar surface area (TPSA) is 40.5 Å². The molecule has 0 saturated carbocycles. The molecule has 0 amide bonds. The molecule has 0 spiro atoms. The third-order valence-electron chi connectivity index (χ3n) is 2.47. The molecule has 0 saturated heterocycles. The Morgan fingerprint density at radius 3 is 2.29 bits per heavy atom. The number of anilines is 1. The van der Waals surface area contributed by atoms with E-state index in [4.69, 9.17) is 28.3 Å². The Morgan fingerprint density at radius 1 is 1.35 bits per heavy atom. The molecule has 0 aliphatic heterocycles. The molecule has 0 bridgehead atoms. The molecule has 0 aliphatic rings. The Bertz CT molecular complexity index is 389. The second-order valence-corrected chi connectivity index (χ2v) is 4.71. The first-order chi connectivity index (χ1) is 7.95. The van der Waals surface area contributed by atoms with E-state index in [1.54, 1.807) is 30.0 Å². The van der Waals surface area contributed by atoms with E-state index in [0.717, 1.165) is 12.1 Å². The van der Waals surface area contributed by atoms with Gasteiger partial charge in [-0.15, -0.1) is 0 Å². The van der Waals surface area contributed by atoms with Crippen LogP contribution in [0.5, 0.6) is 0 Å². The quantitative estimate of drug-likeness (QED) is 0.891. The minimum atomic E-state index is -0.866. The highest BCUT2D eigenvalue weighted by atomic mass is 35.5. The van der Waals surface area contributed by atoms with Crippen LogP contribution in [0.25, 0.3) is 0 Å². The molecule has 1 N–H and O–H groups in total. The van der Waals surface area contributed by atoms with Gasteiger partial charge in [-0.2, -0.15) is 0 Å². The second kappa shape index (κ2) is 6.12. The van der Waals surface area contributed by atoms with Crippen LogP contribution in [0, 0.1) is 0 Å².